The minimum absolute atomic E-state index is 0.311. The first-order chi connectivity index (χ1) is 8.88. The molecule has 0 spiro atoms. The lowest BCUT2D eigenvalue weighted by Crippen LogP contribution is -2.33. The minimum Gasteiger partial charge on any atom is -0.478 e. The highest BCUT2D eigenvalue weighted by atomic mass is 19.1. The predicted molar refractivity (Wildman–Crippen MR) is 65.1 cm³/mol. The molecule has 0 saturated carbocycles. The average Bonchev–Trinajstić information content (AvgIpc) is 2.31. The van der Waals surface area contributed by atoms with Crippen LogP contribution in [0.15, 0.2) is 30.4 Å². The van der Waals surface area contributed by atoms with Crippen LogP contribution >= 0.6 is 0 Å². The highest BCUT2D eigenvalue weighted by Gasteiger charge is 2.06. The molecule has 3 amide bonds. The van der Waals surface area contributed by atoms with E-state index >= 15 is 0 Å². The predicted octanol–water partition coefficient (Wildman–Crippen LogP) is 1.42. The Morgan fingerprint density at radius 2 is 1.95 bits per heavy atom. The number of nitrogens with one attached hydrogen (secondary N) is 2. The molecular formula is C12H11FN2O4. The van der Waals surface area contributed by atoms with Crippen molar-refractivity contribution in [3.63, 3.8) is 0 Å². The first-order valence-electron chi connectivity index (χ1n) is 5.17. The average molecular weight is 266 g/mol. The van der Waals surface area contributed by atoms with Gasteiger partial charge in [0, 0.05) is 17.8 Å². The van der Waals surface area contributed by atoms with Crippen LogP contribution in [0.4, 0.5) is 14.9 Å². The van der Waals surface area contributed by atoms with E-state index in [0.717, 1.165) is 0 Å². The quantitative estimate of drug-likeness (QED) is 0.721. The summed E-state index contributed by atoms with van der Waals surface area (Å²) in [6, 6.07) is 3.06. The Kier molecular flexibility index (Phi) is 4.76. The van der Waals surface area contributed by atoms with Crippen molar-refractivity contribution in [2.45, 2.75) is 6.92 Å². The maximum atomic E-state index is 13.0. The van der Waals surface area contributed by atoms with Crippen LogP contribution in [0.25, 0.3) is 0 Å². The Morgan fingerprint density at radius 3 is 2.53 bits per heavy atom. The number of carboxylic acid groups (broad SMARTS) is 1. The second-order valence-corrected chi connectivity index (χ2v) is 3.58. The molecule has 1 aromatic carbocycles. The summed E-state index contributed by atoms with van der Waals surface area (Å²) in [6.07, 6.45) is 1.31. The van der Waals surface area contributed by atoms with Crippen LogP contribution in [0.3, 0.4) is 0 Å². The Morgan fingerprint density at radius 1 is 1.26 bits per heavy atom. The maximum Gasteiger partial charge on any atom is 0.328 e. The molecule has 0 atom stereocenters. The van der Waals surface area contributed by atoms with Crippen LogP contribution in [-0.4, -0.2) is 23.0 Å². The van der Waals surface area contributed by atoms with Crippen molar-refractivity contribution in [1.29, 1.82) is 0 Å². The third kappa shape index (κ3) is 4.99. The fourth-order valence-corrected chi connectivity index (χ4v) is 1.19. The van der Waals surface area contributed by atoms with Gasteiger partial charge in [0.1, 0.15) is 5.82 Å². The van der Waals surface area contributed by atoms with E-state index in [1.54, 1.807) is 0 Å². The number of anilines is 1. The van der Waals surface area contributed by atoms with Crippen LogP contribution in [0, 0.1) is 12.7 Å². The third-order valence-corrected chi connectivity index (χ3v) is 2.03. The molecule has 6 nitrogen and oxygen atoms in total. The van der Waals surface area contributed by atoms with E-state index in [9.17, 15) is 18.8 Å². The highest BCUT2D eigenvalue weighted by Crippen LogP contribution is 2.13. The number of urea groups is 1. The van der Waals surface area contributed by atoms with Crippen molar-refractivity contribution < 1.29 is 23.9 Å². The number of rotatable bonds is 3. The molecule has 3 N–H and O–H groups in total. The number of hydrogen-bond acceptors (Lipinski definition) is 3. The number of aliphatic carboxylic acids is 1. The first-order valence-corrected chi connectivity index (χ1v) is 5.17. The Labute approximate surface area is 107 Å². The van der Waals surface area contributed by atoms with Gasteiger partial charge in [-0.15, -0.1) is 0 Å². The number of imide groups is 1. The van der Waals surface area contributed by atoms with Crippen molar-refractivity contribution in [3.05, 3.63) is 41.7 Å². The van der Waals surface area contributed by atoms with E-state index in [4.69, 9.17) is 5.11 Å². The topological polar surface area (TPSA) is 95.5 Å². The molecule has 0 fully saturated rings. The zero-order valence-electron chi connectivity index (χ0n) is 9.94. The Hall–Kier alpha value is -2.70. The molecule has 100 valence electrons. The van der Waals surface area contributed by atoms with Crippen molar-refractivity contribution >= 4 is 23.6 Å². The van der Waals surface area contributed by atoms with Crippen LogP contribution in [0.2, 0.25) is 0 Å². The van der Waals surface area contributed by atoms with Crippen molar-refractivity contribution in [2.75, 3.05) is 5.32 Å². The summed E-state index contributed by atoms with van der Waals surface area (Å²) in [5.41, 5.74) is 0.654. The smallest absolute Gasteiger partial charge is 0.328 e. The van der Waals surface area contributed by atoms with Gasteiger partial charge in [-0.2, -0.15) is 0 Å². The SMILES string of the molecule is Cc1cc(NC(=O)NC(=O)/C=C/C(=O)O)ccc1F. The number of amides is 3. The molecule has 0 bridgehead atoms. The van der Waals surface area contributed by atoms with Gasteiger partial charge >= 0.3 is 12.0 Å². The van der Waals surface area contributed by atoms with Gasteiger partial charge in [-0.1, -0.05) is 0 Å². The van der Waals surface area contributed by atoms with Gasteiger partial charge in [0.25, 0.3) is 5.91 Å². The molecule has 7 heteroatoms. The zero-order chi connectivity index (χ0) is 14.4. The lowest BCUT2D eigenvalue weighted by atomic mass is 10.2. The molecule has 0 aliphatic heterocycles. The maximum absolute atomic E-state index is 13.0. The number of carbonyl (C=O) groups is 3. The number of carboxylic acids is 1. The normalized spacial score (nSPS) is 10.2. The second-order valence-electron chi connectivity index (χ2n) is 3.58. The molecular weight excluding hydrogens is 255 g/mol. The van der Waals surface area contributed by atoms with Crippen LogP contribution in [0.1, 0.15) is 5.56 Å². The van der Waals surface area contributed by atoms with Crippen LogP contribution in [0.5, 0.6) is 0 Å². The Bertz CT molecular complexity index is 555. The van der Waals surface area contributed by atoms with Crippen LogP contribution in [-0.2, 0) is 9.59 Å². The molecule has 1 rings (SSSR count). The molecule has 0 aromatic heterocycles. The molecule has 0 heterocycles. The lowest BCUT2D eigenvalue weighted by molar-refractivity contribution is -0.131. The molecule has 0 saturated heterocycles. The number of aryl methyl sites for hydroxylation is 1. The largest absolute Gasteiger partial charge is 0.478 e. The minimum atomic E-state index is -1.30. The molecule has 19 heavy (non-hydrogen) atoms. The van der Waals surface area contributed by atoms with E-state index in [2.05, 4.69) is 5.32 Å². The fourth-order valence-electron chi connectivity index (χ4n) is 1.19. The summed E-state index contributed by atoms with van der Waals surface area (Å²) < 4.78 is 13.0. The third-order valence-electron chi connectivity index (χ3n) is 2.03. The molecule has 0 unspecified atom stereocenters. The van der Waals surface area contributed by atoms with Crippen LogP contribution < -0.4 is 10.6 Å². The second kappa shape index (κ2) is 6.29. The summed E-state index contributed by atoms with van der Waals surface area (Å²) in [6.45, 7) is 1.53. The fraction of sp³-hybridized carbons (Fsp3) is 0.0833. The zero-order valence-corrected chi connectivity index (χ0v) is 9.94. The van der Waals surface area contributed by atoms with Crippen molar-refractivity contribution in [1.82, 2.24) is 5.32 Å². The molecule has 0 radical (unpaired) electrons. The summed E-state index contributed by atoms with van der Waals surface area (Å²) >= 11 is 0. The first kappa shape index (κ1) is 14.4. The Balaban J connectivity index is 2.58. The van der Waals surface area contributed by atoms with E-state index in [1.807, 2.05) is 5.32 Å². The van der Waals surface area contributed by atoms with Crippen molar-refractivity contribution in [2.24, 2.45) is 0 Å². The van der Waals surface area contributed by atoms with E-state index in [0.29, 0.717) is 23.4 Å². The van der Waals surface area contributed by atoms with Gasteiger partial charge in [0.05, 0.1) is 0 Å². The monoisotopic (exact) mass is 266 g/mol. The standard InChI is InChI=1S/C12H11FN2O4/c1-7-6-8(2-3-9(7)13)14-12(19)15-10(16)4-5-11(17)18/h2-6H,1H3,(H,17,18)(H2,14,15,16,19)/b5-4+. The summed E-state index contributed by atoms with van der Waals surface area (Å²) in [4.78, 5) is 32.6. The molecule has 0 aliphatic carbocycles. The lowest BCUT2D eigenvalue weighted by Gasteiger charge is -2.06. The highest BCUT2D eigenvalue weighted by molar-refractivity contribution is 6.06. The van der Waals surface area contributed by atoms with Gasteiger partial charge in [-0.3, -0.25) is 10.1 Å². The van der Waals surface area contributed by atoms with E-state index in [1.165, 1.54) is 25.1 Å². The summed E-state index contributed by atoms with van der Waals surface area (Å²) in [7, 11) is 0. The van der Waals surface area contributed by atoms with Gasteiger partial charge in [-0.25, -0.2) is 14.0 Å². The number of hydrogen-bond donors (Lipinski definition) is 3. The molecule has 1 aromatic rings. The van der Waals surface area contributed by atoms with E-state index < -0.39 is 23.7 Å². The van der Waals surface area contributed by atoms with Gasteiger partial charge in [0.2, 0.25) is 0 Å². The molecule has 0 aliphatic rings. The number of halogens is 1. The van der Waals surface area contributed by atoms with Gasteiger partial charge < -0.3 is 10.4 Å². The van der Waals surface area contributed by atoms with Gasteiger partial charge in [-0.05, 0) is 30.7 Å². The van der Waals surface area contributed by atoms with E-state index in [-0.39, 0.29) is 0 Å². The van der Waals surface area contributed by atoms with Crippen molar-refractivity contribution in [3.8, 4) is 0 Å². The number of carbonyl (C=O) groups excluding carboxylic acids is 2. The summed E-state index contributed by atoms with van der Waals surface area (Å²) in [5, 5.41) is 12.5. The number of benzene rings is 1. The summed E-state index contributed by atoms with van der Waals surface area (Å²) in [5.74, 6) is -2.59. The van der Waals surface area contributed by atoms with Gasteiger partial charge in [0.15, 0.2) is 0 Å².